The van der Waals surface area contributed by atoms with Crippen LogP contribution in [0, 0.1) is 0 Å². The first-order chi connectivity index (χ1) is 7.44. The number of hydrogen-bond acceptors (Lipinski definition) is 4. The first-order valence-electron chi connectivity index (χ1n) is 4.67. The minimum absolute atomic E-state index is 0.232. The molecule has 0 heterocycles. The molecule has 0 bridgehead atoms. The molecule has 2 N–H and O–H groups in total. The normalized spacial score (nSPS) is 13.7. The number of benzene rings is 1. The van der Waals surface area contributed by atoms with Gasteiger partial charge in [-0.1, -0.05) is 29.8 Å². The second-order valence-electron chi connectivity index (χ2n) is 3.48. The van der Waals surface area contributed by atoms with Crippen LogP contribution in [0.3, 0.4) is 0 Å². The van der Waals surface area contributed by atoms with Gasteiger partial charge in [-0.3, -0.25) is 0 Å². The monoisotopic (exact) mass is 264 g/mol. The van der Waals surface area contributed by atoms with E-state index < -0.39 is 28.3 Å². The molecule has 0 unspecified atom stereocenters. The molecule has 0 aromatic heterocycles. The summed E-state index contributed by atoms with van der Waals surface area (Å²) in [7, 11) is -3.46. The van der Waals surface area contributed by atoms with E-state index in [1.54, 1.807) is 24.3 Å². The molecule has 0 fully saturated rings. The molecule has 1 aromatic carbocycles. The zero-order valence-corrected chi connectivity index (χ0v) is 10.1. The Morgan fingerprint density at radius 3 is 2.50 bits per heavy atom. The number of aliphatic hydroxyl groups is 2. The largest absolute Gasteiger partial charge is 0.394 e. The van der Waals surface area contributed by atoms with Crippen molar-refractivity contribution in [2.45, 2.75) is 11.9 Å². The highest BCUT2D eigenvalue weighted by Crippen LogP contribution is 2.18. The van der Waals surface area contributed by atoms with Gasteiger partial charge in [-0.25, -0.2) is 8.42 Å². The molecule has 0 radical (unpaired) electrons. The molecule has 6 heteroatoms. The van der Waals surface area contributed by atoms with Crippen LogP contribution in [0.25, 0.3) is 0 Å². The van der Waals surface area contributed by atoms with Crippen LogP contribution in [0.1, 0.15) is 5.56 Å². The fourth-order valence-electron chi connectivity index (χ4n) is 1.26. The van der Waals surface area contributed by atoms with E-state index >= 15 is 0 Å². The van der Waals surface area contributed by atoms with Crippen molar-refractivity contribution in [3.8, 4) is 0 Å². The molecule has 90 valence electrons. The van der Waals surface area contributed by atoms with Crippen LogP contribution in [0.4, 0.5) is 0 Å². The Bertz CT molecular complexity index is 444. The molecule has 0 aliphatic rings. The lowest BCUT2D eigenvalue weighted by Gasteiger charge is -2.09. The topological polar surface area (TPSA) is 74.6 Å². The molecule has 0 saturated carbocycles. The number of hydrogen-bond donors (Lipinski definition) is 2. The minimum Gasteiger partial charge on any atom is -0.394 e. The molecular formula is C10H13ClO4S. The predicted molar refractivity (Wildman–Crippen MR) is 62.0 cm³/mol. The lowest BCUT2D eigenvalue weighted by atomic mass is 10.2. The number of aliphatic hydroxyl groups excluding tert-OH is 2. The fraction of sp³-hybridized carbons (Fsp3) is 0.400. The van der Waals surface area contributed by atoms with Crippen LogP contribution in [0.15, 0.2) is 24.3 Å². The van der Waals surface area contributed by atoms with Gasteiger partial charge in [0.15, 0.2) is 9.84 Å². The van der Waals surface area contributed by atoms with Crippen molar-refractivity contribution in [3.63, 3.8) is 0 Å². The maximum atomic E-state index is 11.6. The number of halogens is 1. The zero-order valence-electron chi connectivity index (χ0n) is 8.51. The maximum Gasteiger partial charge on any atom is 0.157 e. The second-order valence-corrected chi connectivity index (χ2v) is 6.00. The zero-order chi connectivity index (χ0) is 12.2. The highest BCUT2D eigenvalue weighted by Gasteiger charge is 2.18. The second kappa shape index (κ2) is 5.63. The lowest BCUT2D eigenvalue weighted by molar-refractivity contribution is 0.112. The van der Waals surface area contributed by atoms with Crippen LogP contribution < -0.4 is 0 Å². The van der Waals surface area contributed by atoms with Crippen molar-refractivity contribution in [2.24, 2.45) is 0 Å². The third-order valence-electron chi connectivity index (χ3n) is 1.99. The Morgan fingerprint density at radius 2 is 1.94 bits per heavy atom. The van der Waals surface area contributed by atoms with Gasteiger partial charge >= 0.3 is 0 Å². The SMILES string of the molecule is O=S(=O)(Cc1ccccc1Cl)C[C@H](O)CO. The van der Waals surface area contributed by atoms with Crippen molar-refractivity contribution in [1.29, 1.82) is 0 Å². The molecule has 0 saturated heterocycles. The third kappa shape index (κ3) is 4.09. The summed E-state index contributed by atoms with van der Waals surface area (Å²) in [6.45, 7) is -0.568. The Labute approximate surface area is 99.4 Å². The van der Waals surface area contributed by atoms with E-state index in [1.807, 2.05) is 0 Å². The molecule has 1 aromatic rings. The Kier molecular flexibility index (Phi) is 4.73. The van der Waals surface area contributed by atoms with Crippen LogP contribution in [-0.4, -0.2) is 37.1 Å². The quantitative estimate of drug-likeness (QED) is 0.817. The van der Waals surface area contributed by atoms with Crippen LogP contribution in [-0.2, 0) is 15.6 Å². The van der Waals surface area contributed by atoms with E-state index in [4.69, 9.17) is 21.8 Å². The standard InChI is InChI=1S/C10H13ClO4S/c11-10-4-2-1-3-8(10)6-16(14,15)7-9(13)5-12/h1-4,9,12-13H,5-7H2/t9-/m1/s1. The summed E-state index contributed by atoms with van der Waals surface area (Å²) in [5, 5.41) is 18.0. The van der Waals surface area contributed by atoms with Crippen molar-refractivity contribution in [1.82, 2.24) is 0 Å². The first kappa shape index (κ1) is 13.4. The van der Waals surface area contributed by atoms with E-state index in [1.165, 1.54) is 0 Å². The summed E-state index contributed by atoms with van der Waals surface area (Å²) in [5.74, 6) is -0.696. The smallest absolute Gasteiger partial charge is 0.157 e. The van der Waals surface area contributed by atoms with Gasteiger partial charge in [0.25, 0.3) is 0 Å². The van der Waals surface area contributed by atoms with E-state index in [0.717, 1.165) is 0 Å². The Morgan fingerprint density at radius 1 is 1.31 bits per heavy atom. The summed E-state index contributed by atoms with van der Waals surface area (Å²) in [6, 6.07) is 6.63. The average Bonchev–Trinajstić information content (AvgIpc) is 2.20. The molecule has 0 spiro atoms. The fourth-order valence-corrected chi connectivity index (χ4v) is 3.07. The van der Waals surface area contributed by atoms with E-state index in [9.17, 15) is 8.42 Å². The van der Waals surface area contributed by atoms with Gasteiger partial charge in [0.2, 0.25) is 0 Å². The van der Waals surface area contributed by atoms with Crippen molar-refractivity contribution >= 4 is 21.4 Å². The van der Waals surface area contributed by atoms with E-state index in [2.05, 4.69) is 0 Å². The molecule has 0 aliphatic heterocycles. The first-order valence-corrected chi connectivity index (χ1v) is 6.87. The maximum absolute atomic E-state index is 11.6. The molecule has 1 atom stereocenters. The summed E-state index contributed by atoms with van der Waals surface area (Å²) >= 11 is 5.82. The number of sulfone groups is 1. The van der Waals surface area contributed by atoms with Crippen molar-refractivity contribution in [3.05, 3.63) is 34.9 Å². The Balaban J connectivity index is 2.77. The molecule has 1 rings (SSSR count). The van der Waals surface area contributed by atoms with E-state index in [-0.39, 0.29) is 5.75 Å². The van der Waals surface area contributed by atoms with Crippen LogP contribution in [0.2, 0.25) is 5.02 Å². The van der Waals surface area contributed by atoms with E-state index in [0.29, 0.717) is 10.6 Å². The highest BCUT2D eigenvalue weighted by atomic mass is 35.5. The van der Waals surface area contributed by atoms with Gasteiger partial charge in [0.1, 0.15) is 0 Å². The molecular weight excluding hydrogens is 252 g/mol. The van der Waals surface area contributed by atoms with Crippen molar-refractivity contribution in [2.75, 3.05) is 12.4 Å². The predicted octanol–water partition coefficient (Wildman–Crippen LogP) is 0.608. The van der Waals surface area contributed by atoms with Gasteiger partial charge in [0, 0.05) is 5.02 Å². The van der Waals surface area contributed by atoms with Gasteiger partial charge in [-0.15, -0.1) is 0 Å². The summed E-state index contributed by atoms with van der Waals surface area (Å²) in [6.07, 6.45) is -1.24. The molecule has 4 nitrogen and oxygen atoms in total. The van der Waals surface area contributed by atoms with Gasteiger partial charge in [-0.05, 0) is 11.6 Å². The summed E-state index contributed by atoms with van der Waals surface area (Å²) in [4.78, 5) is 0. The molecule has 0 amide bonds. The van der Waals surface area contributed by atoms with Crippen LogP contribution in [0.5, 0.6) is 0 Å². The molecule has 16 heavy (non-hydrogen) atoms. The van der Waals surface area contributed by atoms with Gasteiger partial charge in [0.05, 0.1) is 24.2 Å². The summed E-state index contributed by atoms with van der Waals surface area (Å²) in [5.41, 5.74) is 0.495. The lowest BCUT2D eigenvalue weighted by Crippen LogP contribution is -2.25. The number of rotatable bonds is 5. The summed E-state index contributed by atoms with van der Waals surface area (Å²) < 4.78 is 23.2. The van der Waals surface area contributed by atoms with Gasteiger partial charge < -0.3 is 10.2 Å². The van der Waals surface area contributed by atoms with Crippen LogP contribution >= 0.6 is 11.6 Å². The third-order valence-corrected chi connectivity index (χ3v) is 4.00. The minimum atomic E-state index is -3.46. The Hall–Kier alpha value is -0.620. The van der Waals surface area contributed by atoms with Gasteiger partial charge in [-0.2, -0.15) is 0 Å². The van der Waals surface area contributed by atoms with Crippen molar-refractivity contribution < 1.29 is 18.6 Å². The molecule has 0 aliphatic carbocycles. The average molecular weight is 265 g/mol. The highest BCUT2D eigenvalue weighted by molar-refractivity contribution is 7.90.